The van der Waals surface area contributed by atoms with Crippen LogP contribution in [-0.2, 0) is 6.61 Å². The summed E-state index contributed by atoms with van der Waals surface area (Å²) in [4.78, 5) is 0. The Balaban J connectivity index is 1.31. The Morgan fingerprint density at radius 2 is 1.60 bits per heavy atom. The molecule has 0 saturated carbocycles. The van der Waals surface area contributed by atoms with Crippen molar-refractivity contribution in [2.75, 3.05) is 7.11 Å². The summed E-state index contributed by atoms with van der Waals surface area (Å²) in [7, 11) is 1.68. The number of fused-ring (bicyclic) bond motifs is 3. The number of benzene rings is 4. The number of rotatable bonds is 6. The van der Waals surface area contributed by atoms with Crippen LogP contribution in [0, 0.1) is 0 Å². The zero-order valence-corrected chi connectivity index (χ0v) is 19.5. The zero-order chi connectivity index (χ0) is 23.6. The Bertz CT molecular complexity index is 1340. The van der Waals surface area contributed by atoms with Crippen LogP contribution in [0.5, 0.6) is 17.2 Å². The smallest absolute Gasteiger partial charge is 0.214 e. The van der Waals surface area contributed by atoms with Crippen molar-refractivity contribution in [3.8, 4) is 17.2 Å². The van der Waals surface area contributed by atoms with E-state index in [1.165, 1.54) is 0 Å². The van der Waals surface area contributed by atoms with Crippen LogP contribution in [0.15, 0.2) is 108 Å². The fraction of sp³-hybridized carbons (Fsp3) is 0.167. The standard InChI is InChI=1S/C30H26N2O3/c1-33-28-14-8-13-25-27-19-26(22-11-6-3-7-12-22)31-32(27)30(35-29(25)28)23-15-17-24(18-16-23)34-20-21-9-4-2-5-10-21/h2-18,27,30H,19-20H2,1H3/t27-,30-/m0/s1. The van der Waals surface area contributed by atoms with E-state index in [2.05, 4.69) is 47.5 Å². The van der Waals surface area contributed by atoms with Gasteiger partial charge in [-0.15, -0.1) is 0 Å². The summed E-state index contributed by atoms with van der Waals surface area (Å²) in [5, 5.41) is 7.13. The molecule has 0 aromatic heterocycles. The molecule has 4 aromatic carbocycles. The van der Waals surface area contributed by atoms with Crippen molar-refractivity contribution in [3.63, 3.8) is 0 Å². The van der Waals surface area contributed by atoms with Crippen LogP contribution in [0.1, 0.15) is 40.9 Å². The van der Waals surface area contributed by atoms with Gasteiger partial charge in [0.05, 0.1) is 18.9 Å². The third-order valence-corrected chi connectivity index (χ3v) is 6.52. The van der Waals surface area contributed by atoms with Crippen LogP contribution in [0.2, 0.25) is 0 Å². The average molecular weight is 463 g/mol. The molecular weight excluding hydrogens is 436 g/mol. The number of ether oxygens (including phenoxy) is 3. The van der Waals surface area contributed by atoms with Gasteiger partial charge in [0.1, 0.15) is 12.4 Å². The highest BCUT2D eigenvalue weighted by atomic mass is 16.5. The van der Waals surface area contributed by atoms with Crippen LogP contribution in [0.4, 0.5) is 0 Å². The highest BCUT2D eigenvalue weighted by Crippen LogP contribution is 2.50. The maximum atomic E-state index is 6.56. The maximum absolute atomic E-state index is 6.56. The molecule has 0 bridgehead atoms. The number of hydrogen-bond donors (Lipinski definition) is 0. The maximum Gasteiger partial charge on any atom is 0.214 e. The molecule has 0 N–H and O–H groups in total. The molecule has 2 heterocycles. The van der Waals surface area contributed by atoms with Gasteiger partial charge in [-0.25, -0.2) is 5.01 Å². The third-order valence-electron chi connectivity index (χ3n) is 6.52. The number of hydrogen-bond acceptors (Lipinski definition) is 5. The van der Waals surface area contributed by atoms with Crippen LogP contribution < -0.4 is 14.2 Å². The first-order valence-corrected chi connectivity index (χ1v) is 11.8. The predicted octanol–water partition coefficient (Wildman–Crippen LogP) is 6.52. The molecule has 174 valence electrons. The van der Waals surface area contributed by atoms with Crippen LogP contribution >= 0.6 is 0 Å². The number of para-hydroxylation sites is 1. The van der Waals surface area contributed by atoms with Crippen LogP contribution in [-0.4, -0.2) is 17.8 Å². The Kier molecular flexibility index (Phi) is 5.59. The first-order valence-electron chi connectivity index (χ1n) is 11.8. The summed E-state index contributed by atoms with van der Waals surface area (Å²) in [6.45, 7) is 0.531. The monoisotopic (exact) mass is 462 g/mol. The number of methoxy groups -OCH3 is 1. The van der Waals surface area contributed by atoms with E-state index in [1.54, 1.807) is 7.11 Å². The Morgan fingerprint density at radius 3 is 2.34 bits per heavy atom. The quantitative estimate of drug-likeness (QED) is 0.327. The second-order valence-electron chi connectivity index (χ2n) is 8.70. The van der Waals surface area contributed by atoms with E-state index in [1.807, 2.05) is 60.7 Å². The Morgan fingerprint density at radius 1 is 0.857 bits per heavy atom. The molecule has 0 fully saturated rings. The van der Waals surface area contributed by atoms with Gasteiger partial charge < -0.3 is 14.2 Å². The van der Waals surface area contributed by atoms with Crippen molar-refractivity contribution in [2.24, 2.45) is 5.10 Å². The van der Waals surface area contributed by atoms with E-state index in [4.69, 9.17) is 19.3 Å². The third kappa shape index (κ3) is 4.10. The summed E-state index contributed by atoms with van der Waals surface area (Å²) < 4.78 is 18.2. The molecule has 2 aliphatic rings. The summed E-state index contributed by atoms with van der Waals surface area (Å²) in [6.07, 6.45) is 0.440. The summed E-state index contributed by atoms with van der Waals surface area (Å²) in [5.74, 6) is 2.34. The molecule has 0 spiro atoms. The van der Waals surface area contributed by atoms with Gasteiger partial charge in [0, 0.05) is 17.5 Å². The minimum absolute atomic E-state index is 0.0723. The normalized spacial score (nSPS) is 18.2. The molecular formula is C30H26N2O3. The molecule has 0 amide bonds. The molecule has 0 radical (unpaired) electrons. The van der Waals surface area contributed by atoms with E-state index in [0.29, 0.717) is 6.61 Å². The Labute approximate surface area is 205 Å². The van der Waals surface area contributed by atoms with Crippen molar-refractivity contribution >= 4 is 5.71 Å². The molecule has 2 aliphatic heterocycles. The second-order valence-corrected chi connectivity index (χ2v) is 8.70. The highest BCUT2D eigenvalue weighted by Gasteiger charge is 2.42. The van der Waals surface area contributed by atoms with Gasteiger partial charge in [0.25, 0.3) is 0 Å². The minimum Gasteiger partial charge on any atom is -0.493 e. The number of nitrogens with zero attached hydrogens (tertiary/aromatic N) is 2. The largest absolute Gasteiger partial charge is 0.493 e. The van der Waals surface area contributed by atoms with Gasteiger partial charge in [-0.3, -0.25) is 0 Å². The zero-order valence-electron chi connectivity index (χ0n) is 19.5. The molecule has 0 aliphatic carbocycles. The van der Waals surface area contributed by atoms with Gasteiger partial charge in [0.2, 0.25) is 6.23 Å². The molecule has 5 heteroatoms. The van der Waals surface area contributed by atoms with E-state index < -0.39 is 0 Å². The van der Waals surface area contributed by atoms with Gasteiger partial charge >= 0.3 is 0 Å². The lowest BCUT2D eigenvalue weighted by atomic mass is 9.95. The van der Waals surface area contributed by atoms with Gasteiger partial charge in [-0.1, -0.05) is 72.8 Å². The SMILES string of the molecule is COc1cccc2c1O[C@@H](c1ccc(OCc3ccccc3)cc1)N1N=C(c3ccccc3)C[C@@H]21. The lowest BCUT2D eigenvalue weighted by molar-refractivity contribution is -0.0209. The second kappa shape index (κ2) is 9.18. The van der Waals surface area contributed by atoms with Crippen LogP contribution in [0.3, 0.4) is 0 Å². The lowest BCUT2D eigenvalue weighted by Crippen LogP contribution is -2.33. The van der Waals surface area contributed by atoms with Crippen molar-refractivity contribution in [2.45, 2.75) is 25.3 Å². The van der Waals surface area contributed by atoms with Gasteiger partial charge in [-0.05, 0) is 41.5 Å². The topological polar surface area (TPSA) is 43.3 Å². The molecule has 4 aromatic rings. The van der Waals surface area contributed by atoms with Crippen molar-refractivity contribution < 1.29 is 14.2 Å². The first kappa shape index (κ1) is 21.3. The van der Waals surface area contributed by atoms with Crippen molar-refractivity contribution in [1.82, 2.24) is 5.01 Å². The van der Waals surface area contributed by atoms with Crippen molar-refractivity contribution in [3.05, 3.63) is 125 Å². The van der Waals surface area contributed by atoms with Gasteiger partial charge in [-0.2, -0.15) is 5.10 Å². The van der Waals surface area contributed by atoms with E-state index in [9.17, 15) is 0 Å². The van der Waals surface area contributed by atoms with Gasteiger partial charge in [0.15, 0.2) is 11.5 Å². The fourth-order valence-corrected chi connectivity index (χ4v) is 4.74. The summed E-state index contributed by atoms with van der Waals surface area (Å²) in [6, 6.07) is 34.7. The molecule has 0 saturated heterocycles. The minimum atomic E-state index is -0.367. The lowest BCUT2D eigenvalue weighted by Gasteiger charge is -2.38. The molecule has 2 atom stereocenters. The fourth-order valence-electron chi connectivity index (χ4n) is 4.74. The van der Waals surface area contributed by atoms with Crippen molar-refractivity contribution in [1.29, 1.82) is 0 Å². The summed E-state index contributed by atoms with van der Waals surface area (Å²) in [5.41, 5.74) is 5.44. The van der Waals surface area contributed by atoms with E-state index in [0.717, 1.165) is 51.6 Å². The highest BCUT2D eigenvalue weighted by molar-refractivity contribution is 6.01. The summed E-state index contributed by atoms with van der Waals surface area (Å²) >= 11 is 0. The number of hydrazone groups is 1. The van der Waals surface area contributed by atoms with E-state index in [-0.39, 0.29) is 12.3 Å². The molecule has 5 nitrogen and oxygen atoms in total. The average Bonchev–Trinajstić information content (AvgIpc) is 3.38. The van der Waals surface area contributed by atoms with Crippen LogP contribution in [0.25, 0.3) is 0 Å². The predicted molar refractivity (Wildman–Crippen MR) is 136 cm³/mol. The molecule has 0 unspecified atom stereocenters. The van der Waals surface area contributed by atoms with E-state index >= 15 is 0 Å². The molecule has 6 rings (SSSR count). The molecule has 35 heavy (non-hydrogen) atoms. The Hall–Kier alpha value is -4.25. The first-order chi connectivity index (χ1) is 17.3.